The molecule has 0 aromatic heterocycles. The van der Waals surface area contributed by atoms with Crippen LogP contribution < -0.4 is 5.32 Å². The quantitative estimate of drug-likeness (QED) is 0.496. The summed E-state index contributed by atoms with van der Waals surface area (Å²) < 4.78 is 6.44. The molecule has 5 heteroatoms. The number of carbonyl (C=O) groups excluding carboxylic acids is 2. The topological polar surface area (TPSA) is 55.4 Å². The molecule has 0 radical (unpaired) electrons. The molecule has 1 saturated carbocycles. The Labute approximate surface area is 187 Å². The van der Waals surface area contributed by atoms with E-state index in [9.17, 15) is 9.59 Å². The number of esters is 1. The smallest absolute Gasteiger partial charge is 0.306 e. The summed E-state index contributed by atoms with van der Waals surface area (Å²) in [6, 6.07) is 14.1. The summed E-state index contributed by atoms with van der Waals surface area (Å²) >= 11 is 3.47. The molecular weight excluding hydrogens is 442 g/mol. The van der Waals surface area contributed by atoms with E-state index in [0.717, 1.165) is 34.1 Å². The number of anilines is 1. The van der Waals surface area contributed by atoms with Gasteiger partial charge in [-0.25, -0.2) is 0 Å². The largest absolute Gasteiger partial charge is 0.460 e. The molecule has 1 aliphatic rings. The van der Waals surface area contributed by atoms with Crippen molar-refractivity contribution in [1.82, 2.24) is 0 Å². The minimum Gasteiger partial charge on any atom is -0.460 e. The Morgan fingerprint density at radius 1 is 1.10 bits per heavy atom. The number of amides is 1. The SMILES string of the molecule is Cc1c(CCC(=O)OC(C)(C)C)cccc1NC(=O)CC1(c2ccc(Br)cc2)CC1. The van der Waals surface area contributed by atoms with Gasteiger partial charge in [0.2, 0.25) is 5.91 Å². The molecule has 0 unspecified atom stereocenters. The fourth-order valence-electron chi connectivity index (χ4n) is 3.74. The van der Waals surface area contributed by atoms with Crippen LogP contribution in [0, 0.1) is 6.92 Å². The molecule has 2 aromatic carbocycles. The average Bonchev–Trinajstić information content (AvgIpc) is 3.42. The second-order valence-electron chi connectivity index (χ2n) is 9.19. The van der Waals surface area contributed by atoms with Gasteiger partial charge in [0.05, 0.1) is 0 Å². The van der Waals surface area contributed by atoms with Crippen molar-refractivity contribution in [3.8, 4) is 0 Å². The van der Waals surface area contributed by atoms with E-state index in [2.05, 4.69) is 33.4 Å². The Balaban J connectivity index is 1.61. The van der Waals surface area contributed by atoms with Crippen molar-refractivity contribution in [2.75, 3.05) is 5.32 Å². The minimum atomic E-state index is -0.477. The van der Waals surface area contributed by atoms with Crippen LogP contribution in [0.1, 0.15) is 63.1 Å². The zero-order valence-electron chi connectivity index (χ0n) is 18.2. The van der Waals surface area contributed by atoms with E-state index < -0.39 is 5.60 Å². The highest BCUT2D eigenvalue weighted by Gasteiger charge is 2.45. The highest BCUT2D eigenvalue weighted by molar-refractivity contribution is 9.10. The third-order valence-electron chi connectivity index (χ3n) is 5.55. The maximum Gasteiger partial charge on any atom is 0.306 e. The normalized spacial score (nSPS) is 14.8. The van der Waals surface area contributed by atoms with E-state index in [1.54, 1.807) is 0 Å². The van der Waals surface area contributed by atoms with Crippen LogP contribution in [0.4, 0.5) is 5.69 Å². The number of halogens is 1. The molecule has 0 aliphatic heterocycles. The first-order valence-electron chi connectivity index (χ1n) is 10.4. The van der Waals surface area contributed by atoms with Gasteiger partial charge < -0.3 is 10.1 Å². The number of rotatable bonds is 7. The van der Waals surface area contributed by atoms with Crippen molar-refractivity contribution in [3.05, 3.63) is 63.6 Å². The van der Waals surface area contributed by atoms with Crippen LogP contribution in [0.5, 0.6) is 0 Å². The predicted molar refractivity (Wildman–Crippen MR) is 124 cm³/mol. The van der Waals surface area contributed by atoms with Gasteiger partial charge >= 0.3 is 5.97 Å². The molecule has 1 N–H and O–H groups in total. The van der Waals surface area contributed by atoms with Crippen molar-refractivity contribution in [2.45, 2.75) is 70.8 Å². The molecule has 0 saturated heterocycles. The molecular formula is C25H30BrNO3. The van der Waals surface area contributed by atoms with Crippen LogP contribution in [-0.4, -0.2) is 17.5 Å². The van der Waals surface area contributed by atoms with Gasteiger partial charge in [0.15, 0.2) is 0 Å². The number of nitrogens with one attached hydrogen (secondary N) is 1. The number of benzene rings is 2. The van der Waals surface area contributed by atoms with Crippen LogP contribution in [-0.2, 0) is 26.2 Å². The molecule has 1 aliphatic carbocycles. The van der Waals surface area contributed by atoms with Gasteiger partial charge in [0.1, 0.15) is 5.60 Å². The molecule has 0 bridgehead atoms. The summed E-state index contributed by atoms with van der Waals surface area (Å²) in [7, 11) is 0. The molecule has 0 heterocycles. The lowest BCUT2D eigenvalue weighted by Crippen LogP contribution is -2.24. The van der Waals surface area contributed by atoms with E-state index in [4.69, 9.17) is 4.74 Å². The fourth-order valence-corrected chi connectivity index (χ4v) is 4.01. The van der Waals surface area contributed by atoms with Crippen LogP contribution in [0.2, 0.25) is 0 Å². The Kier molecular flexibility index (Phi) is 6.71. The van der Waals surface area contributed by atoms with Crippen LogP contribution in [0.15, 0.2) is 46.9 Å². The Morgan fingerprint density at radius 3 is 2.37 bits per heavy atom. The van der Waals surface area contributed by atoms with E-state index in [0.29, 0.717) is 19.3 Å². The van der Waals surface area contributed by atoms with Crippen LogP contribution >= 0.6 is 15.9 Å². The number of carbonyl (C=O) groups is 2. The number of ether oxygens (including phenoxy) is 1. The molecule has 2 aromatic rings. The van der Waals surface area contributed by atoms with Gasteiger partial charge in [0, 0.05) is 28.4 Å². The maximum atomic E-state index is 12.8. The van der Waals surface area contributed by atoms with Crippen molar-refractivity contribution in [3.63, 3.8) is 0 Å². The monoisotopic (exact) mass is 471 g/mol. The Bertz CT molecular complexity index is 924. The summed E-state index contributed by atoms with van der Waals surface area (Å²) in [5, 5.41) is 3.09. The van der Waals surface area contributed by atoms with Gasteiger partial charge in [-0.2, -0.15) is 0 Å². The van der Waals surface area contributed by atoms with Crippen molar-refractivity contribution in [2.24, 2.45) is 0 Å². The number of hydrogen-bond donors (Lipinski definition) is 1. The predicted octanol–water partition coefficient (Wildman–Crippen LogP) is 6.09. The Morgan fingerprint density at radius 2 is 1.77 bits per heavy atom. The van der Waals surface area contributed by atoms with Gasteiger partial charge in [-0.1, -0.05) is 40.2 Å². The van der Waals surface area contributed by atoms with Gasteiger partial charge in [-0.05, 0) is 81.8 Å². The standard InChI is InChI=1S/C25H30BrNO3/c1-17-18(8-13-23(29)30-24(2,3)4)6-5-7-21(17)27-22(28)16-25(14-15-25)19-9-11-20(26)12-10-19/h5-7,9-12H,8,13-16H2,1-4H3,(H,27,28). The van der Waals surface area contributed by atoms with Gasteiger partial charge in [-0.15, -0.1) is 0 Å². The molecule has 0 atom stereocenters. The highest BCUT2D eigenvalue weighted by atomic mass is 79.9. The third kappa shape index (κ3) is 5.94. The third-order valence-corrected chi connectivity index (χ3v) is 6.08. The number of hydrogen-bond acceptors (Lipinski definition) is 3. The zero-order chi connectivity index (χ0) is 21.9. The molecule has 160 valence electrons. The van der Waals surface area contributed by atoms with E-state index in [-0.39, 0.29) is 17.3 Å². The summed E-state index contributed by atoms with van der Waals surface area (Å²) in [5.41, 5.74) is 3.58. The molecule has 1 amide bonds. The van der Waals surface area contributed by atoms with Crippen molar-refractivity contribution < 1.29 is 14.3 Å². The zero-order valence-corrected chi connectivity index (χ0v) is 19.8. The van der Waals surface area contributed by atoms with Gasteiger partial charge in [0.25, 0.3) is 0 Å². The maximum absolute atomic E-state index is 12.8. The average molecular weight is 472 g/mol. The Hall–Kier alpha value is -2.14. The first-order valence-corrected chi connectivity index (χ1v) is 11.2. The number of aryl methyl sites for hydroxylation is 1. The summed E-state index contributed by atoms with van der Waals surface area (Å²) in [4.78, 5) is 24.8. The molecule has 30 heavy (non-hydrogen) atoms. The lowest BCUT2D eigenvalue weighted by atomic mass is 9.92. The second kappa shape index (κ2) is 8.93. The summed E-state index contributed by atoms with van der Waals surface area (Å²) in [6.45, 7) is 7.59. The molecule has 3 rings (SSSR count). The molecule has 1 fully saturated rings. The lowest BCUT2D eigenvalue weighted by Gasteiger charge is -2.20. The van der Waals surface area contributed by atoms with Gasteiger partial charge in [-0.3, -0.25) is 9.59 Å². The van der Waals surface area contributed by atoms with Crippen molar-refractivity contribution in [1.29, 1.82) is 0 Å². The first kappa shape index (κ1) is 22.5. The van der Waals surface area contributed by atoms with E-state index in [1.807, 2.05) is 58.0 Å². The minimum absolute atomic E-state index is 0.0304. The van der Waals surface area contributed by atoms with Crippen LogP contribution in [0.25, 0.3) is 0 Å². The van der Waals surface area contributed by atoms with E-state index >= 15 is 0 Å². The molecule has 0 spiro atoms. The lowest BCUT2D eigenvalue weighted by molar-refractivity contribution is -0.154. The molecule has 4 nitrogen and oxygen atoms in total. The van der Waals surface area contributed by atoms with E-state index in [1.165, 1.54) is 5.56 Å². The summed E-state index contributed by atoms with van der Waals surface area (Å²) in [6.07, 6.45) is 3.47. The first-order chi connectivity index (χ1) is 14.1. The van der Waals surface area contributed by atoms with Crippen molar-refractivity contribution >= 4 is 33.5 Å². The second-order valence-corrected chi connectivity index (χ2v) is 10.1. The fraction of sp³-hybridized carbons (Fsp3) is 0.440. The van der Waals surface area contributed by atoms with Crippen LogP contribution in [0.3, 0.4) is 0 Å². The highest BCUT2D eigenvalue weighted by Crippen LogP contribution is 2.51. The summed E-state index contributed by atoms with van der Waals surface area (Å²) in [5.74, 6) is -0.177.